The Kier molecular flexibility index (Phi) is 5.66. The summed E-state index contributed by atoms with van der Waals surface area (Å²) >= 11 is 0. The first-order chi connectivity index (χ1) is 14.5. The van der Waals surface area contributed by atoms with E-state index < -0.39 is 0 Å². The molecule has 0 spiro atoms. The first kappa shape index (κ1) is 19.9. The van der Waals surface area contributed by atoms with Gasteiger partial charge in [-0.15, -0.1) is 0 Å². The quantitative estimate of drug-likeness (QED) is 0.482. The van der Waals surface area contributed by atoms with E-state index in [0.29, 0.717) is 11.6 Å². The Morgan fingerprint density at radius 3 is 2.00 bits per heavy atom. The molecule has 0 amide bonds. The minimum Gasteiger partial charge on any atom is -0.384 e. The van der Waals surface area contributed by atoms with E-state index in [9.17, 15) is 0 Å². The molecule has 4 heteroatoms. The van der Waals surface area contributed by atoms with E-state index in [1.165, 1.54) is 27.5 Å². The summed E-state index contributed by atoms with van der Waals surface area (Å²) in [7, 11) is 0. The van der Waals surface area contributed by atoms with Crippen molar-refractivity contribution in [2.75, 3.05) is 11.5 Å². The van der Waals surface area contributed by atoms with Gasteiger partial charge >= 0.3 is 0 Å². The van der Waals surface area contributed by atoms with Crippen molar-refractivity contribution >= 4 is 22.4 Å². The van der Waals surface area contributed by atoms with Crippen LogP contribution >= 0.6 is 0 Å². The van der Waals surface area contributed by atoms with E-state index in [0.717, 1.165) is 42.6 Å². The lowest BCUT2D eigenvalue weighted by molar-refractivity contribution is 0.914. The van der Waals surface area contributed by atoms with Crippen LogP contribution < -0.4 is 11.5 Å². The van der Waals surface area contributed by atoms with Crippen molar-refractivity contribution in [1.82, 2.24) is 9.97 Å². The zero-order valence-electron chi connectivity index (χ0n) is 17.7. The Balaban J connectivity index is 1.47. The van der Waals surface area contributed by atoms with E-state index in [2.05, 4.69) is 65.4 Å². The minimum absolute atomic E-state index is 0.582. The molecule has 0 radical (unpaired) electrons. The number of rotatable bonds is 6. The van der Waals surface area contributed by atoms with Gasteiger partial charge < -0.3 is 11.5 Å². The molecule has 2 aromatic heterocycles. The van der Waals surface area contributed by atoms with Gasteiger partial charge in [0.2, 0.25) is 0 Å². The van der Waals surface area contributed by atoms with Gasteiger partial charge in [0.1, 0.15) is 11.6 Å². The Hall–Kier alpha value is -3.40. The highest BCUT2D eigenvalue weighted by Gasteiger charge is 2.05. The molecule has 2 aromatic carbocycles. The van der Waals surface area contributed by atoms with Gasteiger partial charge in [-0.05, 0) is 90.8 Å². The monoisotopic (exact) mass is 396 g/mol. The second-order valence-electron chi connectivity index (χ2n) is 8.06. The van der Waals surface area contributed by atoms with Crippen molar-refractivity contribution in [2.45, 2.75) is 39.5 Å². The van der Waals surface area contributed by atoms with Crippen molar-refractivity contribution in [2.24, 2.45) is 0 Å². The molecular weight excluding hydrogens is 368 g/mol. The first-order valence-electron chi connectivity index (χ1n) is 10.4. The number of hydrogen-bond donors (Lipinski definition) is 2. The average Bonchev–Trinajstić information content (AvgIpc) is 2.70. The van der Waals surface area contributed by atoms with Crippen LogP contribution in [0.5, 0.6) is 0 Å². The fourth-order valence-electron chi connectivity index (χ4n) is 3.98. The maximum Gasteiger partial charge on any atom is 0.123 e. The standard InChI is InChI=1S/C26H28N4/c1-17-13-24(30-26(28)14-17)11-6-20-5-9-22-8-4-19(15-23(22)16-20)3-7-21-10-12-25(27)29-18(21)2/h4-5,8-10,12-16H,3,6-7,11H2,1-2H3,(H2,27,29)(H2,28,30). The van der Waals surface area contributed by atoms with Crippen molar-refractivity contribution < 1.29 is 0 Å². The molecule has 4 N–H and O–H groups in total. The fraction of sp³-hybridized carbons (Fsp3) is 0.231. The molecule has 4 aromatic rings. The van der Waals surface area contributed by atoms with Crippen LogP contribution in [0.4, 0.5) is 11.6 Å². The van der Waals surface area contributed by atoms with Crippen LogP contribution in [0, 0.1) is 13.8 Å². The van der Waals surface area contributed by atoms with Gasteiger partial charge in [0, 0.05) is 11.4 Å². The Labute approximate surface area is 178 Å². The molecule has 0 bridgehead atoms. The molecule has 0 aliphatic heterocycles. The summed E-state index contributed by atoms with van der Waals surface area (Å²) in [6, 6.07) is 21.5. The molecular formula is C26H28N4. The molecule has 30 heavy (non-hydrogen) atoms. The molecule has 0 saturated carbocycles. The lowest BCUT2D eigenvalue weighted by Crippen LogP contribution is -2.00. The number of aryl methyl sites for hydroxylation is 6. The van der Waals surface area contributed by atoms with Gasteiger partial charge in [-0.3, -0.25) is 0 Å². The third kappa shape index (κ3) is 4.77. The molecule has 0 aliphatic carbocycles. The second-order valence-corrected chi connectivity index (χ2v) is 8.06. The molecule has 0 unspecified atom stereocenters. The highest BCUT2D eigenvalue weighted by molar-refractivity contribution is 5.83. The molecule has 2 heterocycles. The number of nitrogens with two attached hydrogens (primary N) is 2. The fourth-order valence-corrected chi connectivity index (χ4v) is 3.98. The smallest absolute Gasteiger partial charge is 0.123 e. The average molecular weight is 397 g/mol. The number of nitrogen functional groups attached to an aromatic ring is 2. The van der Waals surface area contributed by atoms with E-state index in [1.54, 1.807) is 0 Å². The molecule has 0 atom stereocenters. The molecule has 4 rings (SSSR count). The molecule has 0 aliphatic rings. The molecule has 152 valence electrons. The van der Waals surface area contributed by atoms with Crippen LogP contribution in [0.2, 0.25) is 0 Å². The topological polar surface area (TPSA) is 77.8 Å². The van der Waals surface area contributed by atoms with Gasteiger partial charge in [-0.25, -0.2) is 9.97 Å². The predicted molar refractivity (Wildman–Crippen MR) is 126 cm³/mol. The van der Waals surface area contributed by atoms with Crippen LogP contribution in [0.3, 0.4) is 0 Å². The number of anilines is 2. The van der Waals surface area contributed by atoms with Gasteiger partial charge in [-0.1, -0.05) is 42.5 Å². The SMILES string of the molecule is Cc1cc(N)nc(CCc2ccc3ccc(CCc4ccc(N)nc4C)cc3c2)c1. The van der Waals surface area contributed by atoms with Crippen LogP contribution in [0.15, 0.2) is 60.7 Å². The van der Waals surface area contributed by atoms with Crippen LogP contribution in [-0.4, -0.2) is 9.97 Å². The maximum atomic E-state index is 5.89. The zero-order chi connectivity index (χ0) is 21.1. The maximum absolute atomic E-state index is 5.89. The predicted octanol–water partition coefficient (Wildman–Crippen LogP) is 4.98. The number of hydrogen-bond acceptors (Lipinski definition) is 4. The Bertz CT molecular complexity index is 1180. The van der Waals surface area contributed by atoms with Gasteiger partial charge in [0.25, 0.3) is 0 Å². The zero-order valence-corrected chi connectivity index (χ0v) is 17.7. The van der Waals surface area contributed by atoms with Crippen molar-refractivity contribution in [3.05, 3.63) is 94.3 Å². The van der Waals surface area contributed by atoms with E-state index in [-0.39, 0.29) is 0 Å². The normalized spacial score (nSPS) is 11.1. The summed E-state index contributed by atoms with van der Waals surface area (Å²) in [4.78, 5) is 8.82. The molecule has 0 saturated heterocycles. The van der Waals surface area contributed by atoms with Crippen LogP contribution in [0.1, 0.15) is 33.6 Å². The van der Waals surface area contributed by atoms with E-state index >= 15 is 0 Å². The van der Waals surface area contributed by atoms with E-state index in [4.69, 9.17) is 11.5 Å². The van der Waals surface area contributed by atoms with Crippen molar-refractivity contribution in [3.63, 3.8) is 0 Å². The van der Waals surface area contributed by atoms with Gasteiger partial charge in [-0.2, -0.15) is 0 Å². The summed E-state index contributed by atoms with van der Waals surface area (Å²) in [5.74, 6) is 1.18. The Morgan fingerprint density at radius 2 is 1.33 bits per heavy atom. The number of pyridine rings is 2. The number of fused-ring (bicyclic) bond motifs is 1. The van der Waals surface area contributed by atoms with Gasteiger partial charge in [0.05, 0.1) is 0 Å². The van der Waals surface area contributed by atoms with E-state index in [1.807, 2.05) is 19.1 Å². The summed E-state index contributed by atoms with van der Waals surface area (Å²) in [6.07, 6.45) is 3.79. The first-order valence-corrected chi connectivity index (χ1v) is 10.4. The summed E-state index contributed by atoms with van der Waals surface area (Å²) in [5.41, 5.74) is 18.8. The largest absolute Gasteiger partial charge is 0.384 e. The van der Waals surface area contributed by atoms with Crippen LogP contribution in [0.25, 0.3) is 10.8 Å². The lowest BCUT2D eigenvalue weighted by atomic mass is 9.98. The highest BCUT2D eigenvalue weighted by atomic mass is 14.8. The second kappa shape index (κ2) is 8.54. The van der Waals surface area contributed by atoms with Crippen LogP contribution in [-0.2, 0) is 25.7 Å². The summed E-state index contributed by atoms with van der Waals surface area (Å²) in [5, 5.41) is 2.56. The third-order valence-electron chi connectivity index (χ3n) is 5.58. The number of benzene rings is 2. The van der Waals surface area contributed by atoms with Crippen molar-refractivity contribution in [1.29, 1.82) is 0 Å². The van der Waals surface area contributed by atoms with Gasteiger partial charge in [0.15, 0.2) is 0 Å². The number of aromatic nitrogens is 2. The Morgan fingerprint density at radius 1 is 0.633 bits per heavy atom. The summed E-state index contributed by atoms with van der Waals surface area (Å²) < 4.78 is 0. The molecule has 0 fully saturated rings. The number of nitrogens with zero attached hydrogens (tertiary/aromatic N) is 2. The van der Waals surface area contributed by atoms with Crippen molar-refractivity contribution in [3.8, 4) is 0 Å². The highest BCUT2D eigenvalue weighted by Crippen LogP contribution is 2.21. The third-order valence-corrected chi connectivity index (χ3v) is 5.58. The minimum atomic E-state index is 0.582. The summed E-state index contributed by atoms with van der Waals surface area (Å²) in [6.45, 7) is 4.08. The molecule has 4 nitrogen and oxygen atoms in total. The lowest BCUT2D eigenvalue weighted by Gasteiger charge is -2.09.